The first-order chi connectivity index (χ1) is 7.57. The van der Waals surface area contributed by atoms with Crippen LogP contribution in [0, 0.1) is 5.92 Å². The minimum absolute atomic E-state index is 0.256. The van der Waals surface area contributed by atoms with E-state index >= 15 is 0 Å². The molecule has 0 aromatic carbocycles. The maximum Gasteiger partial charge on any atom is 0.151 e. The molecule has 1 fully saturated rings. The second-order valence-corrected chi connectivity index (χ2v) is 7.37. The fourth-order valence-corrected chi connectivity index (χ4v) is 3.29. The molecule has 0 saturated carbocycles. The molecule has 1 unspecified atom stereocenters. The number of hydrogen-bond acceptors (Lipinski definition) is 3. The Morgan fingerprint density at radius 3 is 2.81 bits per heavy atom. The van der Waals surface area contributed by atoms with Gasteiger partial charge in [0.2, 0.25) is 0 Å². The Balaban J connectivity index is 2.32. The lowest BCUT2D eigenvalue weighted by Gasteiger charge is -2.32. The molecule has 16 heavy (non-hydrogen) atoms. The van der Waals surface area contributed by atoms with E-state index in [2.05, 4.69) is 4.90 Å². The number of nitrogens with zero attached hydrogens (tertiary/aromatic N) is 1. The van der Waals surface area contributed by atoms with Gasteiger partial charge < -0.3 is 4.90 Å². The summed E-state index contributed by atoms with van der Waals surface area (Å²) in [5.41, 5.74) is 0. The second-order valence-electron chi connectivity index (χ2n) is 4.52. The standard InChI is InChI=1S/C11H22ClNO2S/c1-2-16(14,15)9-8-13-7-3-4-11(10-13)5-6-12/h11H,2-10H2,1H3. The highest BCUT2D eigenvalue weighted by Gasteiger charge is 2.20. The first-order valence-corrected chi connectivity index (χ1v) is 8.41. The topological polar surface area (TPSA) is 37.4 Å². The van der Waals surface area contributed by atoms with E-state index in [0.717, 1.165) is 19.5 Å². The van der Waals surface area contributed by atoms with Crippen LogP contribution < -0.4 is 0 Å². The van der Waals surface area contributed by atoms with Gasteiger partial charge in [0.15, 0.2) is 9.84 Å². The van der Waals surface area contributed by atoms with Gasteiger partial charge in [-0.3, -0.25) is 0 Å². The highest BCUT2D eigenvalue weighted by atomic mass is 35.5. The summed E-state index contributed by atoms with van der Waals surface area (Å²) in [7, 11) is -2.82. The van der Waals surface area contributed by atoms with Gasteiger partial charge in [-0.05, 0) is 31.7 Å². The molecule has 1 aliphatic rings. The van der Waals surface area contributed by atoms with Crippen molar-refractivity contribution in [3.8, 4) is 0 Å². The van der Waals surface area contributed by atoms with Gasteiger partial charge in [-0.25, -0.2) is 8.42 Å². The van der Waals surface area contributed by atoms with Gasteiger partial charge in [0, 0.05) is 24.7 Å². The summed E-state index contributed by atoms with van der Waals surface area (Å²) in [5, 5.41) is 0. The van der Waals surface area contributed by atoms with Crippen molar-refractivity contribution in [3.63, 3.8) is 0 Å². The lowest BCUT2D eigenvalue weighted by molar-refractivity contribution is 0.181. The Bertz CT molecular complexity index is 290. The summed E-state index contributed by atoms with van der Waals surface area (Å²) < 4.78 is 22.8. The maximum absolute atomic E-state index is 11.4. The molecule has 0 radical (unpaired) electrons. The number of halogens is 1. The van der Waals surface area contributed by atoms with Crippen LogP contribution in [0.4, 0.5) is 0 Å². The van der Waals surface area contributed by atoms with Gasteiger partial charge in [0.1, 0.15) is 0 Å². The Hall–Kier alpha value is 0.200. The maximum atomic E-state index is 11.4. The SMILES string of the molecule is CCS(=O)(=O)CCN1CCCC(CCCl)C1. The molecular weight excluding hydrogens is 246 g/mol. The smallest absolute Gasteiger partial charge is 0.151 e. The molecule has 0 bridgehead atoms. The fraction of sp³-hybridized carbons (Fsp3) is 1.00. The van der Waals surface area contributed by atoms with Gasteiger partial charge in [-0.2, -0.15) is 0 Å². The number of rotatable bonds is 6. The molecule has 96 valence electrons. The summed E-state index contributed by atoms with van der Waals surface area (Å²) in [5.74, 6) is 1.94. The summed E-state index contributed by atoms with van der Waals surface area (Å²) in [6.45, 7) is 4.46. The van der Waals surface area contributed by atoms with Crippen LogP contribution >= 0.6 is 11.6 Å². The quantitative estimate of drug-likeness (QED) is 0.689. The van der Waals surface area contributed by atoms with Crippen molar-refractivity contribution < 1.29 is 8.42 Å². The normalized spacial score (nSPS) is 23.5. The van der Waals surface area contributed by atoms with Crippen molar-refractivity contribution in [2.45, 2.75) is 26.2 Å². The summed E-state index contributed by atoms with van der Waals surface area (Å²) in [6, 6.07) is 0. The third-order valence-electron chi connectivity index (χ3n) is 3.28. The van der Waals surface area contributed by atoms with Crippen LogP contribution in [0.2, 0.25) is 0 Å². The molecule has 1 aliphatic heterocycles. The van der Waals surface area contributed by atoms with E-state index < -0.39 is 9.84 Å². The average molecular weight is 268 g/mol. The van der Waals surface area contributed by atoms with Crippen LogP contribution in [-0.4, -0.2) is 50.3 Å². The molecule has 0 aromatic heterocycles. The van der Waals surface area contributed by atoms with Gasteiger partial charge in [0.05, 0.1) is 5.75 Å². The molecule has 0 aromatic rings. The third kappa shape index (κ3) is 5.02. The zero-order chi connectivity index (χ0) is 12.0. The number of piperidine rings is 1. The van der Waals surface area contributed by atoms with Crippen LogP contribution in [0.3, 0.4) is 0 Å². The second kappa shape index (κ2) is 6.82. The Kier molecular flexibility index (Phi) is 6.08. The largest absolute Gasteiger partial charge is 0.302 e. The first kappa shape index (κ1) is 14.3. The van der Waals surface area contributed by atoms with Crippen LogP contribution in [-0.2, 0) is 9.84 Å². The van der Waals surface area contributed by atoms with Crippen molar-refractivity contribution in [1.82, 2.24) is 4.90 Å². The van der Waals surface area contributed by atoms with Crippen molar-refractivity contribution in [2.75, 3.05) is 37.0 Å². The van der Waals surface area contributed by atoms with Crippen molar-refractivity contribution in [1.29, 1.82) is 0 Å². The third-order valence-corrected chi connectivity index (χ3v) is 5.18. The van der Waals surface area contributed by atoms with Crippen LogP contribution in [0.25, 0.3) is 0 Å². The molecule has 1 heterocycles. The number of hydrogen-bond donors (Lipinski definition) is 0. The number of alkyl halides is 1. The average Bonchev–Trinajstić information content (AvgIpc) is 2.28. The number of likely N-dealkylation sites (tertiary alicyclic amines) is 1. The Labute approximate surface area is 104 Å². The minimum Gasteiger partial charge on any atom is -0.302 e. The van der Waals surface area contributed by atoms with E-state index in [-0.39, 0.29) is 5.75 Å². The lowest BCUT2D eigenvalue weighted by atomic mass is 9.96. The highest BCUT2D eigenvalue weighted by Crippen LogP contribution is 2.19. The molecule has 1 saturated heterocycles. The van der Waals surface area contributed by atoms with Crippen LogP contribution in [0.5, 0.6) is 0 Å². The Morgan fingerprint density at radius 2 is 2.19 bits per heavy atom. The van der Waals surface area contributed by atoms with Gasteiger partial charge in [-0.1, -0.05) is 6.92 Å². The van der Waals surface area contributed by atoms with Gasteiger partial charge in [-0.15, -0.1) is 11.6 Å². The zero-order valence-electron chi connectivity index (χ0n) is 9.99. The van der Waals surface area contributed by atoms with Gasteiger partial charge in [0.25, 0.3) is 0 Å². The van der Waals surface area contributed by atoms with E-state index in [4.69, 9.17) is 11.6 Å². The molecule has 0 aliphatic carbocycles. The van der Waals surface area contributed by atoms with Crippen LogP contribution in [0.15, 0.2) is 0 Å². The summed E-state index contributed by atoms with van der Waals surface area (Å²) in [4.78, 5) is 2.27. The zero-order valence-corrected chi connectivity index (χ0v) is 11.6. The van der Waals surface area contributed by atoms with E-state index in [1.54, 1.807) is 6.92 Å². The van der Waals surface area contributed by atoms with Gasteiger partial charge >= 0.3 is 0 Å². The molecular formula is C11H22ClNO2S. The van der Waals surface area contributed by atoms with Crippen molar-refractivity contribution in [2.24, 2.45) is 5.92 Å². The fourth-order valence-electron chi connectivity index (χ4n) is 2.16. The molecule has 0 N–H and O–H groups in total. The van der Waals surface area contributed by atoms with Crippen LogP contribution in [0.1, 0.15) is 26.2 Å². The predicted octanol–water partition coefficient (Wildman–Crippen LogP) is 1.76. The first-order valence-electron chi connectivity index (χ1n) is 6.06. The monoisotopic (exact) mass is 267 g/mol. The van der Waals surface area contributed by atoms with E-state index in [1.165, 1.54) is 12.8 Å². The lowest BCUT2D eigenvalue weighted by Crippen LogP contribution is -2.38. The summed E-state index contributed by atoms with van der Waals surface area (Å²) >= 11 is 5.74. The van der Waals surface area contributed by atoms with Crippen molar-refractivity contribution >= 4 is 21.4 Å². The summed E-state index contributed by atoms with van der Waals surface area (Å²) in [6.07, 6.45) is 3.47. The molecule has 3 nitrogen and oxygen atoms in total. The molecule has 5 heteroatoms. The van der Waals surface area contributed by atoms with Crippen molar-refractivity contribution in [3.05, 3.63) is 0 Å². The molecule has 1 atom stereocenters. The molecule has 0 amide bonds. The number of sulfone groups is 1. The van der Waals surface area contributed by atoms with E-state index in [9.17, 15) is 8.42 Å². The molecule has 0 spiro atoms. The van der Waals surface area contributed by atoms with E-state index in [1.807, 2.05) is 0 Å². The van der Waals surface area contributed by atoms with E-state index in [0.29, 0.717) is 24.1 Å². The predicted molar refractivity (Wildman–Crippen MR) is 68.8 cm³/mol. The minimum atomic E-state index is -2.82. The highest BCUT2D eigenvalue weighted by molar-refractivity contribution is 7.91. The molecule has 1 rings (SSSR count). The Morgan fingerprint density at radius 1 is 1.44 bits per heavy atom.